The first-order valence-corrected chi connectivity index (χ1v) is 7.83. The summed E-state index contributed by atoms with van der Waals surface area (Å²) in [4.78, 5) is 4.71. The Morgan fingerprint density at radius 3 is 2.67 bits per heavy atom. The van der Waals surface area contributed by atoms with Gasteiger partial charge >= 0.3 is 0 Å². The molecule has 2 N–H and O–H groups in total. The van der Waals surface area contributed by atoms with E-state index < -0.39 is 0 Å². The Balaban J connectivity index is 0.00000162. The molecule has 1 saturated carbocycles. The average Bonchev–Trinajstić information content (AvgIpc) is 2.69. The molecule has 1 aliphatic carbocycles. The quantitative estimate of drug-likeness (QED) is 0.445. The zero-order valence-electron chi connectivity index (χ0n) is 11.7. The van der Waals surface area contributed by atoms with Gasteiger partial charge in [0, 0.05) is 17.8 Å². The molecule has 2 rings (SSSR count). The zero-order chi connectivity index (χ0) is 12.3. The number of thioether (sulfide) groups is 1. The molecule has 0 amide bonds. The number of rotatable bonds is 4. The Morgan fingerprint density at radius 2 is 2.17 bits per heavy atom. The van der Waals surface area contributed by atoms with Crippen molar-refractivity contribution in [3.8, 4) is 0 Å². The number of nitrogens with one attached hydrogen (secondary N) is 2. The molecule has 0 radical (unpaired) electrons. The van der Waals surface area contributed by atoms with Crippen LogP contribution in [0.15, 0.2) is 4.99 Å². The van der Waals surface area contributed by atoms with Gasteiger partial charge in [0.15, 0.2) is 5.96 Å². The minimum Gasteiger partial charge on any atom is -0.357 e. The third-order valence-electron chi connectivity index (χ3n) is 3.65. The molecule has 5 heteroatoms. The van der Waals surface area contributed by atoms with E-state index in [2.05, 4.69) is 43.2 Å². The first-order chi connectivity index (χ1) is 8.12. The second kappa shape index (κ2) is 7.22. The lowest BCUT2D eigenvalue weighted by molar-refractivity contribution is 0.589. The van der Waals surface area contributed by atoms with Crippen LogP contribution in [0.4, 0.5) is 0 Å². The van der Waals surface area contributed by atoms with Crippen molar-refractivity contribution in [2.75, 3.05) is 18.8 Å². The normalized spacial score (nSPS) is 29.6. The number of hydrogen-bond acceptors (Lipinski definition) is 2. The summed E-state index contributed by atoms with van der Waals surface area (Å²) in [6.07, 6.45) is 3.96. The van der Waals surface area contributed by atoms with Crippen molar-refractivity contribution in [3.05, 3.63) is 0 Å². The highest BCUT2D eigenvalue weighted by molar-refractivity contribution is 14.0. The highest BCUT2D eigenvalue weighted by atomic mass is 127. The number of hydrogen-bond donors (Lipinski definition) is 2. The van der Waals surface area contributed by atoms with Gasteiger partial charge in [0.05, 0.1) is 6.54 Å². The van der Waals surface area contributed by atoms with Crippen LogP contribution in [0.25, 0.3) is 0 Å². The predicted octanol–water partition coefficient (Wildman–Crippen LogP) is 2.85. The Kier molecular flexibility index (Phi) is 6.58. The maximum absolute atomic E-state index is 4.71. The van der Waals surface area contributed by atoms with Gasteiger partial charge in [-0.15, -0.1) is 24.0 Å². The van der Waals surface area contributed by atoms with Gasteiger partial charge in [0.25, 0.3) is 0 Å². The van der Waals surface area contributed by atoms with Gasteiger partial charge in [0.2, 0.25) is 0 Å². The third-order valence-corrected chi connectivity index (χ3v) is 5.03. The second-order valence-corrected chi connectivity index (χ2v) is 7.15. The smallest absolute Gasteiger partial charge is 0.191 e. The van der Waals surface area contributed by atoms with E-state index >= 15 is 0 Å². The molecule has 2 aliphatic rings. The van der Waals surface area contributed by atoms with Gasteiger partial charge in [-0.1, -0.05) is 13.8 Å². The molecule has 18 heavy (non-hydrogen) atoms. The Labute approximate surface area is 132 Å². The number of aliphatic imine (C=N–C) groups is 1. The first kappa shape index (κ1) is 16.4. The summed E-state index contributed by atoms with van der Waals surface area (Å²) >= 11 is 2.07. The summed E-state index contributed by atoms with van der Waals surface area (Å²) in [5.74, 6) is 2.33. The largest absolute Gasteiger partial charge is 0.357 e. The summed E-state index contributed by atoms with van der Waals surface area (Å²) in [5.41, 5.74) is 0.457. The van der Waals surface area contributed by atoms with Crippen LogP contribution in [0, 0.1) is 5.41 Å². The highest BCUT2D eigenvalue weighted by Gasteiger charge is 2.46. The molecule has 1 aliphatic heterocycles. The molecule has 2 atom stereocenters. The zero-order valence-corrected chi connectivity index (χ0v) is 14.8. The van der Waals surface area contributed by atoms with Gasteiger partial charge in [-0.05, 0) is 37.4 Å². The summed E-state index contributed by atoms with van der Waals surface area (Å²) in [6, 6.07) is 0.608. The molecule has 0 aromatic heterocycles. The molecular formula is C13H26IN3S. The predicted molar refractivity (Wildman–Crippen MR) is 92.2 cm³/mol. The average molecular weight is 383 g/mol. The summed E-state index contributed by atoms with van der Waals surface area (Å²) in [7, 11) is 0. The molecule has 0 aromatic rings. The van der Waals surface area contributed by atoms with Crippen molar-refractivity contribution in [3.63, 3.8) is 0 Å². The van der Waals surface area contributed by atoms with Gasteiger partial charge < -0.3 is 10.6 Å². The molecule has 1 heterocycles. The number of guanidine groups is 1. The maximum Gasteiger partial charge on any atom is 0.191 e. The van der Waals surface area contributed by atoms with E-state index in [0.717, 1.165) is 24.3 Å². The van der Waals surface area contributed by atoms with Crippen molar-refractivity contribution in [1.29, 1.82) is 0 Å². The topological polar surface area (TPSA) is 36.4 Å². The van der Waals surface area contributed by atoms with Gasteiger partial charge in [-0.25, -0.2) is 0 Å². The number of nitrogens with zero attached hydrogens (tertiary/aromatic N) is 1. The standard InChI is InChI=1S/C13H25N3S.HI/c1-4-14-12(16-11-8-13(11,2)3)15-9-10-6-5-7-17-10;/h10-11H,4-9H2,1-3H3,(H2,14,15,16);1H. The third kappa shape index (κ3) is 4.79. The van der Waals surface area contributed by atoms with Crippen LogP contribution in [0.1, 0.15) is 40.0 Å². The SMILES string of the molecule is CCNC(=NCC1CCCS1)NC1CC1(C)C.I. The van der Waals surface area contributed by atoms with Crippen LogP contribution >= 0.6 is 35.7 Å². The van der Waals surface area contributed by atoms with Crippen LogP contribution in [-0.4, -0.2) is 36.1 Å². The molecule has 0 aromatic carbocycles. The molecule has 0 bridgehead atoms. The Morgan fingerprint density at radius 1 is 1.44 bits per heavy atom. The van der Waals surface area contributed by atoms with Crippen LogP contribution in [0.3, 0.4) is 0 Å². The first-order valence-electron chi connectivity index (χ1n) is 6.78. The fraction of sp³-hybridized carbons (Fsp3) is 0.923. The molecule has 2 fully saturated rings. The highest BCUT2D eigenvalue weighted by Crippen LogP contribution is 2.44. The van der Waals surface area contributed by atoms with Crippen LogP contribution in [0.2, 0.25) is 0 Å². The minimum atomic E-state index is 0. The van der Waals surface area contributed by atoms with E-state index in [1.165, 1.54) is 25.0 Å². The van der Waals surface area contributed by atoms with Gasteiger partial charge in [-0.2, -0.15) is 11.8 Å². The monoisotopic (exact) mass is 383 g/mol. The second-order valence-electron chi connectivity index (χ2n) is 5.74. The van der Waals surface area contributed by atoms with E-state index in [1.807, 2.05) is 0 Å². The van der Waals surface area contributed by atoms with E-state index in [4.69, 9.17) is 4.99 Å². The molecule has 1 saturated heterocycles. The molecule has 0 spiro atoms. The van der Waals surface area contributed by atoms with Gasteiger partial charge in [-0.3, -0.25) is 4.99 Å². The Hall–Kier alpha value is 0.350. The summed E-state index contributed by atoms with van der Waals surface area (Å²) < 4.78 is 0. The van der Waals surface area contributed by atoms with Crippen molar-refractivity contribution < 1.29 is 0 Å². The van der Waals surface area contributed by atoms with Crippen LogP contribution in [0.5, 0.6) is 0 Å². The molecular weight excluding hydrogens is 357 g/mol. The molecule has 106 valence electrons. The summed E-state index contributed by atoms with van der Waals surface area (Å²) in [5, 5.41) is 7.63. The van der Waals surface area contributed by atoms with Crippen LogP contribution < -0.4 is 10.6 Å². The van der Waals surface area contributed by atoms with Crippen molar-refractivity contribution in [2.24, 2.45) is 10.4 Å². The molecule has 3 nitrogen and oxygen atoms in total. The maximum atomic E-state index is 4.71. The molecule has 2 unspecified atom stereocenters. The Bertz CT molecular complexity index is 288. The lowest BCUT2D eigenvalue weighted by Gasteiger charge is -2.13. The van der Waals surface area contributed by atoms with Crippen molar-refractivity contribution in [2.45, 2.75) is 51.3 Å². The lowest BCUT2D eigenvalue weighted by Crippen LogP contribution is -2.40. The van der Waals surface area contributed by atoms with Crippen molar-refractivity contribution >= 4 is 41.7 Å². The number of halogens is 1. The fourth-order valence-corrected chi connectivity index (χ4v) is 3.36. The summed E-state index contributed by atoms with van der Waals surface area (Å²) in [6.45, 7) is 8.64. The van der Waals surface area contributed by atoms with E-state index in [9.17, 15) is 0 Å². The fourth-order valence-electron chi connectivity index (χ4n) is 2.18. The van der Waals surface area contributed by atoms with E-state index in [0.29, 0.717) is 11.5 Å². The van der Waals surface area contributed by atoms with E-state index in [1.54, 1.807) is 0 Å². The van der Waals surface area contributed by atoms with E-state index in [-0.39, 0.29) is 24.0 Å². The van der Waals surface area contributed by atoms with Crippen molar-refractivity contribution in [1.82, 2.24) is 10.6 Å². The van der Waals surface area contributed by atoms with Crippen LogP contribution in [-0.2, 0) is 0 Å². The van der Waals surface area contributed by atoms with Gasteiger partial charge in [0.1, 0.15) is 0 Å². The minimum absolute atomic E-state index is 0. The lowest BCUT2D eigenvalue weighted by atomic mass is 10.2.